The Labute approximate surface area is 125 Å². The van der Waals surface area contributed by atoms with Crippen LogP contribution in [0.3, 0.4) is 0 Å². The van der Waals surface area contributed by atoms with Gasteiger partial charge in [0.1, 0.15) is 23.1 Å². The SMILES string of the molecule is N=C/C(=C(\O)C(=N)c1cccnc1N)C1CC=CC(F)=C1F. The van der Waals surface area contributed by atoms with E-state index >= 15 is 0 Å². The Morgan fingerprint density at radius 1 is 1.45 bits per heavy atom. The van der Waals surface area contributed by atoms with Crippen LogP contribution in [0.4, 0.5) is 14.6 Å². The average molecular weight is 304 g/mol. The first-order valence-corrected chi connectivity index (χ1v) is 6.42. The third kappa shape index (κ3) is 2.78. The molecular formula is C15H14F2N4O. The lowest BCUT2D eigenvalue weighted by molar-refractivity contribution is 0.415. The number of nitrogen functional groups attached to an aromatic ring is 1. The Hall–Kier alpha value is -2.83. The molecule has 0 aromatic carbocycles. The molecule has 22 heavy (non-hydrogen) atoms. The standard InChI is InChI=1S/C15H14F2N4O/c16-11-5-1-3-8(12(11)17)10(7-18)14(22)13(19)9-4-2-6-21-15(9)20/h1-2,4-8,18-19,22H,3H2,(H2,20,21)/b14-10+,18-7?,19-13?. The molecule has 0 bridgehead atoms. The van der Waals surface area contributed by atoms with Gasteiger partial charge in [0.25, 0.3) is 0 Å². The fourth-order valence-electron chi connectivity index (χ4n) is 2.16. The van der Waals surface area contributed by atoms with Crippen LogP contribution in [0.2, 0.25) is 0 Å². The summed E-state index contributed by atoms with van der Waals surface area (Å²) in [6, 6.07) is 3.00. The molecule has 7 heteroatoms. The van der Waals surface area contributed by atoms with Gasteiger partial charge in [-0.05, 0) is 24.6 Å². The minimum absolute atomic E-state index is 0.0223. The van der Waals surface area contributed by atoms with Crippen LogP contribution in [0, 0.1) is 16.7 Å². The molecule has 0 aliphatic heterocycles. The number of nitrogens with two attached hydrogens (primary N) is 1. The molecule has 0 fully saturated rings. The largest absolute Gasteiger partial charge is 0.505 e. The van der Waals surface area contributed by atoms with Gasteiger partial charge in [-0.1, -0.05) is 6.08 Å². The molecule has 1 aliphatic carbocycles. The van der Waals surface area contributed by atoms with E-state index in [4.69, 9.17) is 16.6 Å². The number of nitrogens with zero attached hydrogens (tertiary/aromatic N) is 1. The van der Waals surface area contributed by atoms with Gasteiger partial charge in [-0.3, -0.25) is 5.41 Å². The van der Waals surface area contributed by atoms with Gasteiger partial charge < -0.3 is 16.2 Å². The first kappa shape index (κ1) is 15.6. The highest BCUT2D eigenvalue weighted by Gasteiger charge is 2.27. The van der Waals surface area contributed by atoms with Gasteiger partial charge in [0.05, 0.1) is 0 Å². The second-order valence-electron chi connectivity index (χ2n) is 4.65. The number of allylic oxidation sites excluding steroid dienone is 6. The molecule has 0 saturated heterocycles. The van der Waals surface area contributed by atoms with Crippen molar-refractivity contribution >= 4 is 17.7 Å². The van der Waals surface area contributed by atoms with E-state index in [1.54, 1.807) is 0 Å². The molecule has 114 valence electrons. The van der Waals surface area contributed by atoms with Crippen LogP contribution in [0.25, 0.3) is 0 Å². The van der Waals surface area contributed by atoms with Crippen molar-refractivity contribution in [3.63, 3.8) is 0 Å². The van der Waals surface area contributed by atoms with Crippen molar-refractivity contribution in [3.8, 4) is 0 Å². The molecule has 0 radical (unpaired) electrons. The number of hydrogen-bond donors (Lipinski definition) is 4. The van der Waals surface area contributed by atoms with E-state index in [1.165, 1.54) is 24.4 Å². The third-order valence-corrected chi connectivity index (χ3v) is 3.32. The number of hydrogen-bond acceptors (Lipinski definition) is 5. The van der Waals surface area contributed by atoms with Crippen molar-refractivity contribution in [1.82, 2.24) is 4.98 Å². The fourth-order valence-corrected chi connectivity index (χ4v) is 2.16. The van der Waals surface area contributed by atoms with Crippen molar-refractivity contribution in [2.45, 2.75) is 6.42 Å². The molecule has 1 aliphatic rings. The first-order chi connectivity index (χ1) is 10.5. The van der Waals surface area contributed by atoms with Gasteiger partial charge in [-0.2, -0.15) is 0 Å². The van der Waals surface area contributed by atoms with Gasteiger partial charge in [0.15, 0.2) is 5.83 Å². The molecule has 0 saturated carbocycles. The molecule has 1 atom stereocenters. The van der Waals surface area contributed by atoms with Crippen molar-refractivity contribution in [2.24, 2.45) is 5.92 Å². The molecule has 5 nitrogen and oxygen atoms in total. The summed E-state index contributed by atoms with van der Waals surface area (Å²) in [7, 11) is 0. The Kier molecular flexibility index (Phi) is 4.45. The molecular weight excluding hydrogens is 290 g/mol. The number of aliphatic hydroxyl groups is 1. The second kappa shape index (κ2) is 6.30. The maximum atomic E-state index is 13.9. The lowest BCUT2D eigenvalue weighted by atomic mass is 9.89. The first-order valence-electron chi connectivity index (χ1n) is 6.42. The monoisotopic (exact) mass is 304 g/mol. The molecule has 0 spiro atoms. The molecule has 1 unspecified atom stereocenters. The number of nitrogens with one attached hydrogen (secondary N) is 2. The van der Waals surface area contributed by atoms with Gasteiger partial charge in [-0.15, -0.1) is 0 Å². The summed E-state index contributed by atoms with van der Waals surface area (Å²) in [4.78, 5) is 3.80. The zero-order valence-corrected chi connectivity index (χ0v) is 11.5. The summed E-state index contributed by atoms with van der Waals surface area (Å²) in [6.07, 6.45) is 4.63. The minimum Gasteiger partial charge on any atom is -0.505 e. The predicted molar refractivity (Wildman–Crippen MR) is 80.4 cm³/mol. The van der Waals surface area contributed by atoms with Crippen LogP contribution in [-0.4, -0.2) is 22.0 Å². The normalized spacial score (nSPS) is 18.9. The summed E-state index contributed by atoms with van der Waals surface area (Å²) in [5, 5.41) is 25.5. The van der Waals surface area contributed by atoms with E-state index in [1.807, 2.05) is 0 Å². The maximum Gasteiger partial charge on any atom is 0.154 e. The van der Waals surface area contributed by atoms with Gasteiger partial charge in [0, 0.05) is 29.5 Å². The second-order valence-corrected chi connectivity index (χ2v) is 4.65. The van der Waals surface area contributed by atoms with Crippen molar-refractivity contribution in [1.29, 1.82) is 10.8 Å². The van der Waals surface area contributed by atoms with Crippen LogP contribution in [-0.2, 0) is 0 Å². The Bertz CT molecular complexity index is 722. The van der Waals surface area contributed by atoms with Crippen molar-refractivity contribution in [2.75, 3.05) is 5.73 Å². The Balaban J connectivity index is 2.46. The molecule has 1 aromatic heterocycles. The van der Waals surface area contributed by atoms with Crippen LogP contribution < -0.4 is 5.73 Å². The van der Waals surface area contributed by atoms with Crippen molar-refractivity contribution in [3.05, 3.63) is 59.0 Å². The van der Waals surface area contributed by atoms with E-state index in [-0.39, 0.29) is 23.4 Å². The topological polar surface area (TPSA) is 107 Å². The summed E-state index contributed by atoms with van der Waals surface area (Å²) in [5.41, 5.74) is 5.19. The molecule has 1 aromatic rings. The van der Waals surface area contributed by atoms with Gasteiger partial charge in [0.2, 0.25) is 0 Å². The van der Waals surface area contributed by atoms with Gasteiger partial charge >= 0.3 is 0 Å². The number of pyridine rings is 1. The van der Waals surface area contributed by atoms with Gasteiger partial charge in [-0.25, -0.2) is 13.8 Å². The summed E-state index contributed by atoms with van der Waals surface area (Å²) >= 11 is 0. The number of halogens is 2. The van der Waals surface area contributed by atoms with E-state index in [2.05, 4.69) is 4.98 Å². The summed E-state index contributed by atoms with van der Waals surface area (Å²) in [5.74, 6) is -3.86. The summed E-state index contributed by atoms with van der Waals surface area (Å²) < 4.78 is 27.2. The van der Waals surface area contributed by atoms with Crippen LogP contribution >= 0.6 is 0 Å². The molecule has 1 heterocycles. The van der Waals surface area contributed by atoms with Crippen LogP contribution in [0.15, 0.2) is 53.5 Å². The van der Waals surface area contributed by atoms with E-state index in [9.17, 15) is 13.9 Å². The number of anilines is 1. The zero-order chi connectivity index (χ0) is 16.3. The quantitative estimate of drug-likeness (QED) is 0.506. The Morgan fingerprint density at radius 3 is 2.82 bits per heavy atom. The zero-order valence-electron chi connectivity index (χ0n) is 11.5. The Morgan fingerprint density at radius 2 is 2.18 bits per heavy atom. The third-order valence-electron chi connectivity index (χ3n) is 3.32. The molecule has 2 rings (SSSR count). The maximum absolute atomic E-state index is 13.9. The predicted octanol–water partition coefficient (Wildman–Crippen LogP) is 3.22. The van der Waals surface area contributed by atoms with E-state index < -0.39 is 29.0 Å². The summed E-state index contributed by atoms with van der Waals surface area (Å²) in [6.45, 7) is 0. The highest BCUT2D eigenvalue weighted by atomic mass is 19.2. The highest BCUT2D eigenvalue weighted by molar-refractivity contribution is 6.14. The van der Waals surface area contributed by atoms with Crippen LogP contribution in [0.1, 0.15) is 12.0 Å². The lowest BCUT2D eigenvalue weighted by Gasteiger charge is -2.19. The molecule has 0 amide bonds. The van der Waals surface area contributed by atoms with Crippen molar-refractivity contribution < 1.29 is 13.9 Å². The minimum atomic E-state index is -1.14. The van der Waals surface area contributed by atoms with E-state index in [0.717, 1.165) is 6.08 Å². The number of aromatic nitrogens is 1. The fraction of sp³-hybridized carbons (Fsp3) is 0.133. The average Bonchev–Trinajstić information content (AvgIpc) is 2.51. The number of rotatable bonds is 4. The number of aliphatic hydroxyl groups excluding tert-OH is 1. The van der Waals surface area contributed by atoms with E-state index in [0.29, 0.717) is 6.21 Å². The van der Waals surface area contributed by atoms with Crippen LogP contribution in [0.5, 0.6) is 0 Å². The smallest absolute Gasteiger partial charge is 0.154 e. The highest BCUT2D eigenvalue weighted by Crippen LogP contribution is 2.33. The lowest BCUT2D eigenvalue weighted by Crippen LogP contribution is -2.17. The molecule has 5 N–H and O–H groups in total.